The summed E-state index contributed by atoms with van der Waals surface area (Å²) in [6.07, 6.45) is 0. The van der Waals surface area contributed by atoms with Crippen molar-refractivity contribution in [1.82, 2.24) is 19.5 Å². The van der Waals surface area contributed by atoms with Gasteiger partial charge in [-0.05, 0) is 63.1 Å². The van der Waals surface area contributed by atoms with Crippen molar-refractivity contribution in [2.45, 2.75) is 6.92 Å². The van der Waals surface area contributed by atoms with Crippen molar-refractivity contribution >= 4 is 50.6 Å². The molecular weight excluding hydrogens is 781 g/mol. The van der Waals surface area contributed by atoms with E-state index in [2.05, 4.69) is 212 Å². The highest BCUT2D eigenvalue weighted by molar-refractivity contribution is 7.19. The Balaban J connectivity index is 1.25. The molecule has 63 heavy (non-hydrogen) atoms. The summed E-state index contributed by atoms with van der Waals surface area (Å²) in [5, 5.41) is 7.67. The van der Waals surface area contributed by atoms with E-state index in [0.29, 0.717) is 17.5 Å². The quantitative estimate of drug-likeness (QED) is 0.108. The Kier molecular flexibility index (Phi) is 9.72. The van der Waals surface area contributed by atoms with Crippen LogP contribution in [0, 0.1) is 6.92 Å². The molecule has 5 heteroatoms. The Labute approximate surface area is 368 Å². The molecule has 0 amide bonds. The van der Waals surface area contributed by atoms with Crippen LogP contribution in [0.3, 0.4) is 0 Å². The second-order valence-corrected chi connectivity index (χ2v) is 19.8. The maximum Gasteiger partial charge on any atom is 0.179 e. The number of aromatic nitrogens is 4. The molecule has 0 saturated carbocycles. The smallest absolute Gasteiger partial charge is 0.179 e. The first kappa shape index (κ1) is 38.0. The number of benzene rings is 9. The van der Waals surface area contributed by atoms with Gasteiger partial charge in [-0.25, -0.2) is 15.0 Å². The van der Waals surface area contributed by atoms with E-state index in [4.69, 9.17) is 15.0 Å². The highest BCUT2D eigenvalue weighted by Gasteiger charge is 2.41. The second kappa shape index (κ2) is 16.1. The van der Waals surface area contributed by atoms with E-state index in [0.717, 1.165) is 44.5 Å². The van der Waals surface area contributed by atoms with Crippen LogP contribution in [0.15, 0.2) is 237 Å². The number of rotatable bonds is 9. The third kappa shape index (κ3) is 6.67. The molecule has 0 unspecified atom stereocenters. The van der Waals surface area contributed by atoms with Crippen LogP contribution in [-0.4, -0.2) is 27.6 Å². The Morgan fingerprint density at radius 1 is 0.349 bits per heavy atom. The molecule has 2 aromatic heterocycles. The first-order valence-electron chi connectivity index (χ1n) is 21.4. The maximum atomic E-state index is 5.42. The van der Waals surface area contributed by atoms with Gasteiger partial charge in [0.25, 0.3) is 0 Å². The zero-order valence-corrected chi connectivity index (χ0v) is 35.8. The van der Waals surface area contributed by atoms with E-state index in [1.54, 1.807) is 0 Å². The van der Waals surface area contributed by atoms with E-state index in [9.17, 15) is 0 Å². The van der Waals surface area contributed by atoms with Crippen LogP contribution in [0.5, 0.6) is 0 Å². The molecule has 0 atom stereocenters. The molecular formula is C58H42N4Si. The molecule has 298 valence electrons. The molecule has 0 bridgehead atoms. The van der Waals surface area contributed by atoms with E-state index in [-0.39, 0.29) is 0 Å². The first-order valence-corrected chi connectivity index (χ1v) is 23.4. The summed E-state index contributed by atoms with van der Waals surface area (Å²) in [6, 6.07) is 85.1. The zero-order chi connectivity index (χ0) is 42.2. The van der Waals surface area contributed by atoms with Crippen LogP contribution in [0.1, 0.15) is 5.56 Å². The number of fused-ring (bicyclic) bond motifs is 3. The number of nitrogens with zero attached hydrogens (tertiary/aromatic N) is 4. The summed E-state index contributed by atoms with van der Waals surface area (Å²) in [5.74, 6) is 1.85. The molecule has 2 heterocycles. The Hall–Kier alpha value is -7.99. The highest BCUT2D eigenvalue weighted by atomic mass is 28.3. The van der Waals surface area contributed by atoms with Crippen LogP contribution >= 0.6 is 0 Å². The van der Waals surface area contributed by atoms with Gasteiger partial charge in [-0.15, -0.1) is 0 Å². The summed E-state index contributed by atoms with van der Waals surface area (Å²) < 4.78 is 2.40. The molecule has 0 saturated heterocycles. The molecule has 11 aromatic rings. The number of hydrogen-bond acceptors (Lipinski definition) is 3. The van der Waals surface area contributed by atoms with Gasteiger partial charge in [-0.3, -0.25) is 0 Å². The van der Waals surface area contributed by atoms with Crippen LogP contribution in [0.4, 0.5) is 0 Å². The SMILES string of the molecule is Cc1ccc2c(c1)c1ccccc1n2-c1cccc(-c2cccc([Si](c3ccccc3)(c3ccccc3)c3ccccc3)c2)c1-c1nc(-c2ccccc2)nc(-c2ccccc2)n1. The minimum atomic E-state index is -2.86. The maximum absolute atomic E-state index is 5.42. The van der Waals surface area contributed by atoms with E-state index < -0.39 is 8.07 Å². The van der Waals surface area contributed by atoms with Gasteiger partial charge in [-0.1, -0.05) is 218 Å². The predicted octanol–water partition coefficient (Wildman–Crippen LogP) is 11.3. The van der Waals surface area contributed by atoms with Gasteiger partial charge < -0.3 is 4.57 Å². The monoisotopic (exact) mass is 822 g/mol. The highest BCUT2D eigenvalue weighted by Crippen LogP contribution is 2.41. The molecule has 0 aliphatic carbocycles. The minimum absolute atomic E-state index is 0.606. The lowest BCUT2D eigenvalue weighted by Crippen LogP contribution is -2.74. The lowest BCUT2D eigenvalue weighted by atomic mass is 9.97. The molecule has 0 spiro atoms. The average molecular weight is 823 g/mol. The van der Waals surface area contributed by atoms with Gasteiger partial charge in [0.05, 0.1) is 22.3 Å². The van der Waals surface area contributed by atoms with Gasteiger partial charge in [0.1, 0.15) is 0 Å². The van der Waals surface area contributed by atoms with E-state index in [1.807, 2.05) is 36.4 Å². The Morgan fingerprint density at radius 3 is 1.40 bits per heavy atom. The van der Waals surface area contributed by atoms with Gasteiger partial charge in [0.2, 0.25) is 0 Å². The summed E-state index contributed by atoms with van der Waals surface area (Å²) in [5.41, 5.74) is 9.37. The first-order chi connectivity index (χ1) is 31.2. The lowest BCUT2D eigenvalue weighted by Gasteiger charge is -2.34. The fourth-order valence-corrected chi connectivity index (χ4v) is 14.2. The Bertz CT molecular complexity index is 3230. The summed E-state index contributed by atoms with van der Waals surface area (Å²) >= 11 is 0. The fraction of sp³-hybridized carbons (Fsp3) is 0.0172. The van der Waals surface area contributed by atoms with Crippen molar-refractivity contribution in [3.63, 3.8) is 0 Å². The van der Waals surface area contributed by atoms with Crippen molar-refractivity contribution in [1.29, 1.82) is 0 Å². The topological polar surface area (TPSA) is 43.6 Å². The molecule has 11 rings (SSSR count). The van der Waals surface area contributed by atoms with Gasteiger partial charge >= 0.3 is 0 Å². The lowest BCUT2D eigenvalue weighted by molar-refractivity contribution is 1.06. The number of hydrogen-bond donors (Lipinski definition) is 0. The number of aryl methyl sites for hydroxylation is 1. The summed E-state index contributed by atoms with van der Waals surface area (Å²) in [7, 11) is -2.86. The molecule has 0 radical (unpaired) electrons. The van der Waals surface area contributed by atoms with Gasteiger partial charge in [-0.2, -0.15) is 0 Å². The van der Waals surface area contributed by atoms with Crippen molar-refractivity contribution < 1.29 is 0 Å². The van der Waals surface area contributed by atoms with Crippen LogP contribution in [0.2, 0.25) is 0 Å². The third-order valence-corrected chi connectivity index (χ3v) is 17.0. The Morgan fingerprint density at radius 2 is 0.810 bits per heavy atom. The summed E-state index contributed by atoms with van der Waals surface area (Å²) in [4.78, 5) is 16.0. The van der Waals surface area contributed by atoms with Crippen molar-refractivity contribution in [2.75, 3.05) is 0 Å². The van der Waals surface area contributed by atoms with Crippen LogP contribution in [0.25, 0.3) is 72.8 Å². The molecule has 4 nitrogen and oxygen atoms in total. The zero-order valence-electron chi connectivity index (χ0n) is 34.8. The van der Waals surface area contributed by atoms with Crippen molar-refractivity contribution in [2.24, 2.45) is 0 Å². The standard InChI is InChI=1S/C58H42N4Si/c1-41-37-38-53-51(39-41)50-33-17-18-35-52(50)62(53)54-36-20-34-49(55(54)58-60-56(42-21-7-2-8-22-42)59-57(61-58)43-23-9-3-10-24-43)44-25-19-32-48(40-44)63(45-26-11-4-12-27-45,46-28-13-5-14-29-46)47-30-15-6-16-31-47/h2-40H,1H3. The fourth-order valence-electron chi connectivity index (χ4n) is 9.45. The molecule has 0 aliphatic heterocycles. The average Bonchev–Trinajstić information content (AvgIpc) is 3.68. The van der Waals surface area contributed by atoms with E-state index >= 15 is 0 Å². The minimum Gasteiger partial charge on any atom is -0.308 e. The van der Waals surface area contributed by atoms with E-state index in [1.165, 1.54) is 37.1 Å². The molecule has 0 aliphatic rings. The molecule has 0 fully saturated rings. The second-order valence-electron chi connectivity index (χ2n) is 16.0. The largest absolute Gasteiger partial charge is 0.308 e. The van der Waals surface area contributed by atoms with Gasteiger partial charge in [0.15, 0.2) is 25.5 Å². The van der Waals surface area contributed by atoms with Gasteiger partial charge in [0, 0.05) is 21.9 Å². The predicted molar refractivity (Wildman–Crippen MR) is 264 cm³/mol. The number of para-hydroxylation sites is 1. The summed E-state index contributed by atoms with van der Waals surface area (Å²) in [6.45, 7) is 2.16. The van der Waals surface area contributed by atoms with Crippen LogP contribution < -0.4 is 20.7 Å². The van der Waals surface area contributed by atoms with Crippen LogP contribution in [-0.2, 0) is 0 Å². The normalized spacial score (nSPS) is 11.6. The molecule has 9 aromatic carbocycles. The molecule has 0 N–H and O–H groups in total. The van der Waals surface area contributed by atoms with Crippen molar-refractivity contribution in [3.05, 3.63) is 242 Å². The third-order valence-electron chi connectivity index (χ3n) is 12.3. The van der Waals surface area contributed by atoms with Crippen molar-refractivity contribution in [3.8, 4) is 51.0 Å².